The molecule has 6 heteroatoms. The molecule has 1 aliphatic rings. The minimum atomic E-state index is -1.06. The first-order chi connectivity index (χ1) is 8.59. The van der Waals surface area contributed by atoms with Crippen LogP contribution in [0.25, 0.3) is 0 Å². The first-order valence-electron chi connectivity index (χ1n) is 5.40. The molecule has 1 heterocycles. The van der Waals surface area contributed by atoms with E-state index in [1.54, 1.807) is 44.7 Å². The van der Waals surface area contributed by atoms with Gasteiger partial charge in [0, 0.05) is 11.8 Å². The van der Waals surface area contributed by atoms with Gasteiger partial charge in [0.25, 0.3) is 0 Å². The van der Waals surface area contributed by atoms with Crippen LogP contribution in [0.2, 0.25) is 0 Å². The second kappa shape index (κ2) is 4.58. The molecule has 1 atom stereocenters. The molecule has 96 valence electrons. The van der Waals surface area contributed by atoms with Crippen LogP contribution in [0, 0.1) is 0 Å². The second-order valence-electron chi connectivity index (χ2n) is 3.87. The minimum Gasteiger partial charge on any atom is -0.497 e. The smallest absolute Gasteiger partial charge is 0.195 e. The molecule has 0 fully saturated rings. The van der Waals surface area contributed by atoms with E-state index >= 15 is 0 Å². The Labute approximate surface area is 105 Å². The van der Waals surface area contributed by atoms with Crippen molar-refractivity contribution < 1.29 is 9.47 Å². The predicted octanol–water partition coefficient (Wildman–Crippen LogP) is 0.247. The summed E-state index contributed by atoms with van der Waals surface area (Å²) in [5, 5.41) is 2.77. The summed E-state index contributed by atoms with van der Waals surface area (Å²) in [4.78, 5) is 4.21. The van der Waals surface area contributed by atoms with Crippen LogP contribution in [0.5, 0.6) is 11.5 Å². The van der Waals surface area contributed by atoms with Crippen molar-refractivity contribution in [2.75, 3.05) is 14.2 Å². The van der Waals surface area contributed by atoms with E-state index in [4.69, 9.17) is 20.9 Å². The molecule has 0 saturated heterocycles. The van der Waals surface area contributed by atoms with E-state index in [1.807, 2.05) is 0 Å². The number of aliphatic imine (C=N–C) groups is 1. The lowest BCUT2D eigenvalue weighted by molar-refractivity contribution is 0.388. The summed E-state index contributed by atoms with van der Waals surface area (Å²) < 4.78 is 10.5. The molecule has 0 saturated carbocycles. The normalized spacial score (nSPS) is 22.1. The van der Waals surface area contributed by atoms with Gasteiger partial charge >= 0.3 is 0 Å². The van der Waals surface area contributed by atoms with Crippen LogP contribution in [0.3, 0.4) is 0 Å². The van der Waals surface area contributed by atoms with Gasteiger partial charge in [-0.2, -0.15) is 0 Å². The van der Waals surface area contributed by atoms with Crippen molar-refractivity contribution in [1.29, 1.82) is 0 Å². The zero-order valence-electron chi connectivity index (χ0n) is 10.3. The van der Waals surface area contributed by atoms with Crippen molar-refractivity contribution >= 4 is 5.96 Å². The molecule has 0 radical (unpaired) electrons. The minimum absolute atomic E-state index is 0.255. The Morgan fingerprint density at radius 3 is 2.67 bits per heavy atom. The van der Waals surface area contributed by atoms with Crippen LogP contribution in [0.15, 0.2) is 35.5 Å². The summed E-state index contributed by atoms with van der Waals surface area (Å²) in [7, 11) is 3.16. The number of hydrogen-bond donors (Lipinski definition) is 3. The number of benzene rings is 1. The fourth-order valence-electron chi connectivity index (χ4n) is 1.80. The number of guanidine groups is 1. The first kappa shape index (κ1) is 12.3. The molecule has 1 unspecified atom stereocenters. The van der Waals surface area contributed by atoms with E-state index in [0.29, 0.717) is 17.1 Å². The monoisotopic (exact) mass is 248 g/mol. The number of ether oxygens (including phenoxy) is 2. The van der Waals surface area contributed by atoms with Gasteiger partial charge in [0.1, 0.15) is 11.5 Å². The van der Waals surface area contributed by atoms with Crippen LogP contribution in [0.1, 0.15) is 5.56 Å². The summed E-state index contributed by atoms with van der Waals surface area (Å²) in [6.07, 6.45) is 3.36. The summed E-state index contributed by atoms with van der Waals surface area (Å²) in [6.45, 7) is 0. The maximum Gasteiger partial charge on any atom is 0.195 e. The Kier molecular flexibility index (Phi) is 3.12. The number of nitrogens with two attached hydrogens (primary N) is 2. The molecule has 1 aliphatic heterocycles. The highest BCUT2D eigenvalue weighted by molar-refractivity contribution is 5.80. The summed E-state index contributed by atoms with van der Waals surface area (Å²) in [5.41, 5.74) is 11.5. The van der Waals surface area contributed by atoms with Crippen molar-refractivity contribution in [2.24, 2.45) is 16.5 Å². The molecular weight excluding hydrogens is 232 g/mol. The maximum atomic E-state index is 6.24. The van der Waals surface area contributed by atoms with Gasteiger partial charge in [0.15, 0.2) is 11.6 Å². The van der Waals surface area contributed by atoms with E-state index < -0.39 is 5.66 Å². The Morgan fingerprint density at radius 1 is 1.28 bits per heavy atom. The molecule has 0 aliphatic carbocycles. The van der Waals surface area contributed by atoms with Gasteiger partial charge in [0.2, 0.25) is 0 Å². The average molecular weight is 248 g/mol. The topological polar surface area (TPSA) is 94.9 Å². The lowest BCUT2D eigenvalue weighted by Gasteiger charge is -2.27. The summed E-state index contributed by atoms with van der Waals surface area (Å²) >= 11 is 0. The highest BCUT2D eigenvalue weighted by Gasteiger charge is 2.30. The SMILES string of the molecule is COc1ccc(OC)c(C2(N)C=CNC(N)=N2)c1. The van der Waals surface area contributed by atoms with Gasteiger partial charge in [-0.15, -0.1) is 0 Å². The zero-order valence-corrected chi connectivity index (χ0v) is 10.3. The van der Waals surface area contributed by atoms with Crippen LogP contribution >= 0.6 is 0 Å². The fourth-order valence-corrected chi connectivity index (χ4v) is 1.80. The lowest BCUT2D eigenvalue weighted by Crippen LogP contribution is -2.42. The third kappa shape index (κ3) is 2.10. The van der Waals surface area contributed by atoms with Gasteiger partial charge in [-0.05, 0) is 24.3 Å². The largest absolute Gasteiger partial charge is 0.497 e. The lowest BCUT2D eigenvalue weighted by atomic mass is 9.98. The van der Waals surface area contributed by atoms with Crippen molar-refractivity contribution in [3.63, 3.8) is 0 Å². The molecule has 18 heavy (non-hydrogen) atoms. The Bertz CT molecular complexity index is 513. The van der Waals surface area contributed by atoms with Gasteiger partial charge in [0.05, 0.1) is 14.2 Å². The second-order valence-corrected chi connectivity index (χ2v) is 3.87. The Balaban J connectivity index is 2.54. The number of nitrogens with zero attached hydrogens (tertiary/aromatic N) is 1. The third-order valence-electron chi connectivity index (χ3n) is 2.71. The molecule has 2 rings (SSSR count). The zero-order chi connectivity index (χ0) is 13.2. The Hall–Kier alpha value is -2.21. The van der Waals surface area contributed by atoms with E-state index in [1.165, 1.54) is 0 Å². The number of hydrogen-bond acceptors (Lipinski definition) is 6. The average Bonchev–Trinajstić information content (AvgIpc) is 2.37. The fraction of sp³-hybridized carbons (Fsp3) is 0.250. The van der Waals surface area contributed by atoms with Crippen LogP contribution in [-0.2, 0) is 5.66 Å². The maximum absolute atomic E-state index is 6.24. The quantitative estimate of drug-likeness (QED) is 0.712. The molecule has 6 nitrogen and oxygen atoms in total. The molecule has 0 amide bonds. The van der Waals surface area contributed by atoms with E-state index in [2.05, 4.69) is 10.3 Å². The van der Waals surface area contributed by atoms with E-state index in [-0.39, 0.29) is 5.96 Å². The van der Waals surface area contributed by atoms with Gasteiger partial charge in [-0.3, -0.25) is 5.73 Å². The number of rotatable bonds is 3. The molecule has 5 N–H and O–H groups in total. The summed E-state index contributed by atoms with van der Waals surface area (Å²) in [6, 6.07) is 5.36. The van der Waals surface area contributed by atoms with Crippen LogP contribution < -0.4 is 26.3 Å². The number of methoxy groups -OCH3 is 2. The van der Waals surface area contributed by atoms with Crippen molar-refractivity contribution in [3.8, 4) is 11.5 Å². The standard InChI is InChI=1S/C12H16N4O2/c1-17-8-3-4-10(18-2)9(7-8)12(14)5-6-15-11(13)16-12/h3-7H,14H2,1-2H3,(H3,13,15,16). The van der Waals surface area contributed by atoms with E-state index in [9.17, 15) is 0 Å². The highest BCUT2D eigenvalue weighted by atomic mass is 16.5. The van der Waals surface area contributed by atoms with Crippen molar-refractivity contribution in [1.82, 2.24) is 5.32 Å². The highest BCUT2D eigenvalue weighted by Crippen LogP contribution is 2.34. The van der Waals surface area contributed by atoms with Crippen LogP contribution in [0.4, 0.5) is 0 Å². The molecule has 0 bridgehead atoms. The van der Waals surface area contributed by atoms with E-state index in [0.717, 1.165) is 0 Å². The summed E-state index contributed by atoms with van der Waals surface area (Å²) in [5.74, 6) is 1.56. The van der Waals surface area contributed by atoms with Crippen LogP contribution in [-0.4, -0.2) is 20.2 Å². The molecule has 1 aromatic rings. The molecule has 1 aromatic carbocycles. The van der Waals surface area contributed by atoms with Crippen molar-refractivity contribution in [3.05, 3.63) is 36.0 Å². The Morgan fingerprint density at radius 2 is 2.06 bits per heavy atom. The molecule has 0 spiro atoms. The first-order valence-corrected chi connectivity index (χ1v) is 5.40. The number of nitrogens with one attached hydrogen (secondary N) is 1. The van der Waals surface area contributed by atoms with Gasteiger partial charge in [-0.25, -0.2) is 4.99 Å². The third-order valence-corrected chi connectivity index (χ3v) is 2.71. The van der Waals surface area contributed by atoms with Gasteiger partial charge in [-0.1, -0.05) is 0 Å². The molecule has 0 aromatic heterocycles. The predicted molar refractivity (Wildman–Crippen MR) is 69.3 cm³/mol. The molecular formula is C12H16N4O2. The van der Waals surface area contributed by atoms with Crippen molar-refractivity contribution in [2.45, 2.75) is 5.66 Å². The van der Waals surface area contributed by atoms with Gasteiger partial charge < -0.3 is 20.5 Å².